The Morgan fingerprint density at radius 3 is 2.89 bits per heavy atom. The van der Waals surface area contributed by atoms with Gasteiger partial charge in [0.1, 0.15) is 0 Å². The average Bonchev–Trinajstić information content (AvgIpc) is 1.87. The number of nitrogens with one attached hydrogen (secondary N) is 1. The highest BCUT2D eigenvalue weighted by atomic mass is 79.9. The van der Waals surface area contributed by atoms with E-state index in [1.807, 2.05) is 12.2 Å². The van der Waals surface area contributed by atoms with Crippen LogP contribution in [0.4, 0.5) is 0 Å². The van der Waals surface area contributed by atoms with Crippen LogP contribution in [0.1, 0.15) is 13.3 Å². The van der Waals surface area contributed by atoms with Crippen LogP contribution in [-0.4, -0.2) is 10.7 Å². The van der Waals surface area contributed by atoms with Gasteiger partial charge < -0.3 is 0 Å². The van der Waals surface area contributed by atoms with Crippen molar-refractivity contribution in [2.45, 2.75) is 18.2 Å². The van der Waals surface area contributed by atoms with Crippen LogP contribution < -0.4 is 5.32 Å². The lowest BCUT2D eigenvalue weighted by Crippen LogP contribution is -2.26. The fourth-order valence-electron chi connectivity index (χ4n) is 0.319. The number of nitrogens with zero attached hydrogens (tertiary/aromatic N) is 1. The Bertz CT molecular complexity index is 140. The van der Waals surface area contributed by atoms with E-state index in [1.54, 1.807) is 6.19 Å². The van der Waals surface area contributed by atoms with Gasteiger partial charge in [-0.3, -0.25) is 10.1 Å². The first kappa shape index (κ1) is 8.44. The van der Waals surface area contributed by atoms with Crippen molar-refractivity contribution in [2.75, 3.05) is 0 Å². The van der Waals surface area contributed by atoms with Crippen LogP contribution in [0.25, 0.3) is 0 Å². The molecule has 1 amide bonds. The van der Waals surface area contributed by atoms with E-state index in [9.17, 15) is 4.79 Å². The molecule has 9 heavy (non-hydrogen) atoms. The van der Waals surface area contributed by atoms with Gasteiger partial charge in [0, 0.05) is 0 Å². The SMILES string of the molecule is CCC(Br)C(=O)NC#N. The van der Waals surface area contributed by atoms with Crippen molar-refractivity contribution in [1.82, 2.24) is 5.32 Å². The van der Waals surface area contributed by atoms with Crippen LogP contribution >= 0.6 is 15.9 Å². The summed E-state index contributed by atoms with van der Waals surface area (Å²) >= 11 is 3.08. The zero-order valence-corrected chi connectivity index (χ0v) is 6.60. The average molecular weight is 191 g/mol. The lowest BCUT2D eigenvalue weighted by atomic mass is 10.3. The Hall–Kier alpha value is -0.560. The van der Waals surface area contributed by atoms with Crippen molar-refractivity contribution in [3.05, 3.63) is 0 Å². The molecule has 1 N–H and O–H groups in total. The predicted molar refractivity (Wildman–Crippen MR) is 36.8 cm³/mol. The summed E-state index contributed by atoms with van der Waals surface area (Å²) in [5.74, 6) is -0.278. The number of carbonyl (C=O) groups is 1. The van der Waals surface area contributed by atoms with E-state index in [0.29, 0.717) is 6.42 Å². The molecule has 0 heterocycles. The lowest BCUT2D eigenvalue weighted by Gasteiger charge is -1.99. The first-order valence-electron chi connectivity index (χ1n) is 2.55. The molecule has 0 saturated heterocycles. The molecule has 0 saturated carbocycles. The molecule has 0 fully saturated rings. The summed E-state index contributed by atoms with van der Waals surface area (Å²) in [4.78, 5) is 10.4. The molecule has 0 aromatic rings. The molecular weight excluding hydrogens is 184 g/mol. The van der Waals surface area contributed by atoms with Crippen molar-refractivity contribution >= 4 is 21.8 Å². The van der Waals surface area contributed by atoms with Crippen LogP contribution in [0, 0.1) is 11.5 Å². The number of alkyl halides is 1. The Labute approximate surface area is 62.2 Å². The molecule has 0 aromatic carbocycles. The van der Waals surface area contributed by atoms with Crippen molar-refractivity contribution in [2.24, 2.45) is 0 Å². The molecule has 0 aromatic heterocycles. The maximum Gasteiger partial charge on any atom is 0.246 e. The zero-order valence-electron chi connectivity index (χ0n) is 5.02. The fourth-order valence-corrected chi connectivity index (χ4v) is 0.433. The minimum Gasteiger partial charge on any atom is -0.273 e. The highest BCUT2D eigenvalue weighted by Crippen LogP contribution is 2.02. The van der Waals surface area contributed by atoms with Gasteiger partial charge >= 0.3 is 0 Å². The van der Waals surface area contributed by atoms with Gasteiger partial charge in [-0.1, -0.05) is 22.9 Å². The molecule has 50 valence electrons. The molecule has 3 nitrogen and oxygen atoms in total. The number of hydrogen-bond donors (Lipinski definition) is 1. The molecule has 0 bridgehead atoms. The maximum absolute atomic E-state index is 10.6. The van der Waals surface area contributed by atoms with Crippen molar-refractivity contribution in [3.8, 4) is 6.19 Å². The number of halogens is 1. The van der Waals surface area contributed by atoms with E-state index >= 15 is 0 Å². The molecule has 0 spiro atoms. The molecule has 1 unspecified atom stereocenters. The number of hydrogen-bond acceptors (Lipinski definition) is 2. The predicted octanol–water partition coefficient (Wildman–Crippen LogP) is 0.757. The summed E-state index contributed by atoms with van der Waals surface area (Å²) in [5.41, 5.74) is 0. The molecule has 4 heteroatoms. The summed E-state index contributed by atoms with van der Waals surface area (Å²) in [7, 11) is 0. The van der Waals surface area contributed by atoms with Gasteiger partial charge in [0.05, 0.1) is 4.83 Å². The van der Waals surface area contributed by atoms with E-state index in [4.69, 9.17) is 5.26 Å². The number of nitriles is 1. The second-order valence-corrected chi connectivity index (χ2v) is 2.58. The minimum atomic E-state index is -0.278. The van der Waals surface area contributed by atoms with Crippen LogP contribution in [0.3, 0.4) is 0 Å². The van der Waals surface area contributed by atoms with Crippen molar-refractivity contribution in [1.29, 1.82) is 5.26 Å². The molecular formula is C5H7BrN2O. The van der Waals surface area contributed by atoms with Crippen LogP contribution in [0.5, 0.6) is 0 Å². The highest BCUT2D eigenvalue weighted by molar-refractivity contribution is 9.10. The summed E-state index contributed by atoms with van der Waals surface area (Å²) in [5, 5.41) is 9.99. The number of rotatable bonds is 2. The number of carbonyl (C=O) groups excluding carboxylic acids is 1. The summed E-state index contributed by atoms with van der Waals surface area (Å²) in [6.07, 6.45) is 2.24. The van der Waals surface area contributed by atoms with Gasteiger partial charge in [-0.15, -0.1) is 0 Å². The molecule has 0 aliphatic carbocycles. The van der Waals surface area contributed by atoms with E-state index in [0.717, 1.165) is 0 Å². The zero-order chi connectivity index (χ0) is 7.28. The molecule has 0 aliphatic rings. The Morgan fingerprint density at radius 1 is 2.00 bits per heavy atom. The molecule has 0 radical (unpaired) electrons. The standard InChI is InChI=1S/C5H7BrN2O/c1-2-4(6)5(9)8-3-7/h4H,2H2,1H3,(H,8,9). The van der Waals surface area contributed by atoms with Gasteiger partial charge in [-0.25, -0.2) is 0 Å². The Kier molecular flexibility index (Phi) is 4.06. The van der Waals surface area contributed by atoms with Crippen LogP contribution in [0.15, 0.2) is 0 Å². The van der Waals surface area contributed by atoms with Crippen LogP contribution in [0.2, 0.25) is 0 Å². The molecule has 0 aliphatic heterocycles. The first-order valence-corrected chi connectivity index (χ1v) is 3.47. The number of amides is 1. The summed E-state index contributed by atoms with van der Waals surface area (Å²) in [6.45, 7) is 1.86. The third kappa shape index (κ3) is 3.09. The lowest BCUT2D eigenvalue weighted by molar-refractivity contribution is -0.119. The topological polar surface area (TPSA) is 52.9 Å². The third-order valence-corrected chi connectivity index (χ3v) is 1.89. The third-order valence-electron chi connectivity index (χ3n) is 0.822. The van der Waals surface area contributed by atoms with Gasteiger partial charge in [0.2, 0.25) is 5.91 Å². The van der Waals surface area contributed by atoms with E-state index in [2.05, 4.69) is 15.9 Å². The molecule has 0 rings (SSSR count). The van der Waals surface area contributed by atoms with Crippen molar-refractivity contribution in [3.63, 3.8) is 0 Å². The smallest absolute Gasteiger partial charge is 0.246 e. The second-order valence-electron chi connectivity index (χ2n) is 1.48. The van der Waals surface area contributed by atoms with E-state index < -0.39 is 0 Å². The monoisotopic (exact) mass is 190 g/mol. The Morgan fingerprint density at radius 2 is 2.56 bits per heavy atom. The van der Waals surface area contributed by atoms with Gasteiger partial charge in [-0.2, -0.15) is 5.26 Å². The quantitative estimate of drug-likeness (QED) is 0.398. The largest absolute Gasteiger partial charge is 0.273 e. The van der Waals surface area contributed by atoms with E-state index in [-0.39, 0.29) is 10.7 Å². The highest BCUT2D eigenvalue weighted by Gasteiger charge is 2.09. The maximum atomic E-state index is 10.6. The van der Waals surface area contributed by atoms with Crippen LogP contribution in [-0.2, 0) is 4.79 Å². The first-order chi connectivity index (χ1) is 4.22. The van der Waals surface area contributed by atoms with Gasteiger partial charge in [0.25, 0.3) is 0 Å². The summed E-state index contributed by atoms with van der Waals surface area (Å²) < 4.78 is 0. The van der Waals surface area contributed by atoms with Crippen molar-refractivity contribution < 1.29 is 4.79 Å². The van der Waals surface area contributed by atoms with Gasteiger partial charge in [-0.05, 0) is 6.42 Å². The normalized spacial score (nSPS) is 11.7. The fraction of sp³-hybridized carbons (Fsp3) is 0.600. The molecule has 1 atom stereocenters. The van der Waals surface area contributed by atoms with Gasteiger partial charge in [0.15, 0.2) is 6.19 Å². The van der Waals surface area contributed by atoms with E-state index in [1.165, 1.54) is 0 Å². The Balaban J connectivity index is 3.62. The summed E-state index contributed by atoms with van der Waals surface area (Å²) in [6, 6.07) is 0. The minimum absolute atomic E-state index is 0.239. The second kappa shape index (κ2) is 4.33.